The van der Waals surface area contributed by atoms with E-state index in [9.17, 15) is 18.4 Å². The lowest BCUT2D eigenvalue weighted by Gasteiger charge is -2.22. The van der Waals surface area contributed by atoms with E-state index in [2.05, 4.69) is 10.6 Å². The van der Waals surface area contributed by atoms with Crippen LogP contribution in [0, 0.1) is 0 Å². The Bertz CT molecular complexity index is 849. The molecule has 0 aromatic heterocycles. The van der Waals surface area contributed by atoms with Crippen LogP contribution < -0.4 is 10.6 Å². The van der Waals surface area contributed by atoms with E-state index in [0.29, 0.717) is 32.1 Å². The number of unbranched alkanes of at least 4 members (excludes halogenated alkanes) is 12. The normalized spacial score (nSPS) is 24.0. The van der Waals surface area contributed by atoms with Gasteiger partial charge in [0.05, 0.1) is 0 Å². The lowest BCUT2D eigenvalue weighted by Crippen LogP contribution is -2.37. The molecule has 1 saturated carbocycles. The number of rotatable bonds is 24. The highest BCUT2D eigenvalue weighted by Gasteiger charge is 2.28. The summed E-state index contributed by atoms with van der Waals surface area (Å²) in [4.78, 5) is 24.6. The number of ether oxygens (including phenoxy) is 4. The van der Waals surface area contributed by atoms with E-state index in [4.69, 9.17) is 18.9 Å². The summed E-state index contributed by atoms with van der Waals surface area (Å²) in [5.41, 5.74) is 0. The predicted molar refractivity (Wildman–Crippen MR) is 180 cm³/mol. The Hall–Kier alpha value is -1.88. The molecular formula is C37H62F2N2O6. The minimum Gasteiger partial charge on any atom is -0.353 e. The molecule has 10 heteroatoms. The van der Waals surface area contributed by atoms with Crippen molar-refractivity contribution in [1.82, 2.24) is 10.6 Å². The molecule has 0 bridgehead atoms. The van der Waals surface area contributed by atoms with Crippen LogP contribution in [0.2, 0.25) is 0 Å². The number of hydrogen-bond donors (Lipinski definition) is 2. The maximum absolute atomic E-state index is 14.4. The van der Waals surface area contributed by atoms with Crippen LogP contribution in [-0.4, -0.2) is 62.9 Å². The van der Waals surface area contributed by atoms with E-state index >= 15 is 0 Å². The molecule has 2 aliphatic heterocycles. The van der Waals surface area contributed by atoms with E-state index < -0.39 is 23.5 Å². The molecule has 1 aliphatic carbocycles. The van der Waals surface area contributed by atoms with Gasteiger partial charge in [-0.1, -0.05) is 51.4 Å². The Morgan fingerprint density at radius 2 is 0.979 bits per heavy atom. The van der Waals surface area contributed by atoms with E-state index in [1.165, 1.54) is 25.0 Å². The highest BCUT2D eigenvalue weighted by Crippen LogP contribution is 2.21. The third kappa shape index (κ3) is 18.5. The first-order chi connectivity index (χ1) is 23.0. The zero-order chi connectivity index (χ0) is 33.4. The second-order valence-electron chi connectivity index (χ2n) is 13.4. The van der Waals surface area contributed by atoms with Gasteiger partial charge in [0.1, 0.15) is 0 Å². The number of allylic oxidation sites excluding steroid dienone is 2. The van der Waals surface area contributed by atoms with Gasteiger partial charge < -0.3 is 29.6 Å². The number of nitrogens with one attached hydrogen (secondary N) is 2. The molecular weight excluding hydrogens is 606 g/mol. The van der Waals surface area contributed by atoms with Crippen LogP contribution in [0.3, 0.4) is 0 Å². The molecule has 2 unspecified atom stereocenters. The Labute approximate surface area is 282 Å². The van der Waals surface area contributed by atoms with Gasteiger partial charge in [0.15, 0.2) is 24.2 Å². The molecule has 47 heavy (non-hydrogen) atoms. The Morgan fingerprint density at radius 3 is 1.38 bits per heavy atom. The number of carbonyl (C=O) groups excluding carboxylic acids is 2. The lowest BCUT2D eigenvalue weighted by molar-refractivity contribution is -0.163. The number of halogens is 2. The molecule has 0 spiro atoms. The zero-order valence-corrected chi connectivity index (χ0v) is 28.8. The van der Waals surface area contributed by atoms with Crippen molar-refractivity contribution < 1.29 is 37.3 Å². The first-order valence-corrected chi connectivity index (χ1v) is 18.8. The van der Waals surface area contributed by atoms with Crippen LogP contribution in [0.1, 0.15) is 148 Å². The Balaban J connectivity index is 1.13. The first-order valence-electron chi connectivity index (χ1n) is 18.8. The molecule has 2 saturated heterocycles. The lowest BCUT2D eigenvalue weighted by atomic mass is 10.1. The van der Waals surface area contributed by atoms with Gasteiger partial charge in [-0.3, -0.25) is 9.59 Å². The Kier molecular flexibility index (Phi) is 21.2. The van der Waals surface area contributed by atoms with Gasteiger partial charge in [-0.15, -0.1) is 0 Å². The van der Waals surface area contributed by atoms with Crippen molar-refractivity contribution in [2.75, 3.05) is 26.4 Å². The maximum Gasteiger partial charge on any atom is 0.279 e. The molecule has 2 heterocycles. The number of amides is 2. The van der Waals surface area contributed by atoms with Crippen LogP contribution in [0.5, 0.6) is 0 Å². The van der Waals surface area contributed by atoms with E-state index in [0.717, 1.165) is 129 Å². The largest absolute Gasteiger partial charge is 0.353 e. The van der Waals surface area contributed by atoms with Crippen molar-refractivity contribution in [2.24, 2.45) is 0 Å². The standard InChI is InChI=1S/C37H62F2N2O6/c38-32(19-11-7-3-1-5-9-15-25-44-34-21-13-17-27-46-34)36(42)40-30-23-24-31(29-30)41-37(43)33(39)20-12-8-4-2-6-10-16-26-45-35-22-14-18-28-47-35/h19-20,30-31,34-35H,1-18,21-29H2,(H,40,42)(H,41,43)/t30-,31+,34?,35?. The zero-order valence-electron chi connectivity index (χ0n) is 28.8. The van der Waals surface area contributed by atoms with Gasteiger partial charge in [0.25, 0.3) is 11.8 Å². The summed E-state index contributed by atoms with van der Waals surface area (Å²) in [6, 6.07) is -0.473. The summed E-state index contributed by atoms with van der Waals surface area (Å²) >= 11 is 0. The predicted octanol–water partition coefficient (Wildman–Crippen LogP) is 8.39. The summed E-state index contributed by atoms with van der Waals surface area (Å²) in [5, 5.41) is 5.45. The number of hydrogen-bond acceptors (Lipinski definition) is 6. The SMILES string of the molecule is O=C(N[C@@H]1CC[C@H](NC(=O)C(F)=CCCCCCCCCOC2CCCCO2)C1)C(F)=CCCCCCCCCOC1CCCCO1. The van der Waals surface area contributed by atoms with E-state index in [1.807, 2.05) is 0 Å². The van der Waals surface area contributed by atoms with Crippen LogP contribution in [0.4, 0.5) is 8.78 Å². The second-order valence-corrected chi connectivity index (χ2v) is 13.4. The fraction of sp³-hybridized carbons (Fsp3) is 0.838. The van der Waals surface area contributed by atoms with Crippen molar-refractivity contribution in [3.05, 3.63) is 23.8 Å². The molecule has 0 radical (unpaired) electrons. The number of carbonyl (C=O) groups is 2. The molecule has 0 aromatic rings. The van der Waals surface area contributed by atoms with Gasteiger partial charge in [0, 0.05) is 38.5 Å². The van der Waals surface area contributed by atoms with Gasteiger partial charge in [-0.2, -0.15) is 0 Å². The van der Waals surface area contributed by atoms with Crippen molar-refractivity contribution >= 4 is 11.8 Å². The quantitative estimate of drug-likeness (QED) is 0.0793. The van der Waals surface area contributed by atoms with Crippen molar-refractivity contribution in [3.63, 3.8) is 0 Å². The average molecular weight is 669 g/mol. The molecule has 8 nitrogen and oxygen atoms in total. The average Bonchev–Trinajstić information content (AvgIpc) is 3.53. The smallest absolute Gasteiger partial charge is 0.279 e. The van der Waals surface area contributed by atoms with Crippen LogP contribution in [-0.2, 0) is 28.5 Å². The topological polar surface area (TPSA) is 95.1 Å². The highest BCUT2D eigenvalue weighted by molar-refractivity contribution is 5.92. The highest BCUT2D eigenvalue weighted by atomic mass is 19.1. The Morgan fingerprint density at radius 1 is 0.574 bits per heavy atom. The molecule has 2 N–H and O–H groups in total. The molecule has 3 fully saturated rings. The molecule has 3 rings (SSSR count). The summed E-state index contributed by atoms with van der Waals surface area (Å²) in [6.07, 6.45) is 24.4. The third-order valence-electron chi connectivity index (χ3n) is 9.26. The molecule has 3 aliphatic rings. The van der Waals surface area contributed by atoms with Gasteiger partial charge in [0.2, 0.25) is 0 Å². The monoisotopic (exact) mass is 668 g/mol. The molecule has 0 aromatic carbocycles. The summed E-state index contributed by atoms with van der Waals surface area (Å²) in [5.74, 6) is -2.94. The van der Waals surface area contributed by atoms with Crippen LogP contribution in [0.15, 0.2) is 23.8 Å². The van der Waals surface area contributed by atoms with Crippen molar-refractivity contribution in [3.8, 4) is 0 Å². The van der Waals surface area contributed by atoms with Gasteiger partial charge in [-0.05, 0) is 108 Å². The van der Waals surface area contributed by atoms with Crippen molar-refractivity contribution in [1.29, 1.82) is 0 Å². The van der Waals surface area contributed by atoms with Gasteiger partial charge >= 0.3 is 0 Å². The maximum atomic E-state index is 14.4. The minimum absolute atomic E-state index is 0.0185. The summed E-state index contributed by atoms with van der Waals surface area (Å²) < 4.78 is 51.3. The van der Waals surface area contributed by atoms with Gasteiger partial charge in [-0.25, -0.2) is 8.78 Å². The van der Waals surface area contributed by atoms with Crippen LogP contribution in [0.25, 0.3) is 0 Å². The van der Waals surface area contributed by atoms with Crippen molar-refractivity contribution in [2.45, 2.75) is 172 Å². The van der Waals surface area contributed by atoms with E-state index in [1.54, 1.807) is 0 Å². The summed E-state index contributed by atoms with van der Waals surface area (Å²) in [6.45, 7) is 3.09. The van der Waals surface area contributed by atoms with Crippen LogP contribution >= 0.6 is 0 Å². The first kappa shape index (κ1) is 39.6. The van der Waals surface area contributed by atoms with E-state index in [-0.39, 0.29) is 24.7 Å². The molecule has 4 atom stereocenters. The fourth-order valence-electron chi connectivity index (χ4n) is 6.42. The fourth-order valence-corrected chi connectivity index (χ4v) is 6.42. The molecule has 2 amide bonds. The second kappa shape index (κ2) is 25.1. The third-order valence-corrected chi connectivity index (χ3v) is 9.26. The molecule has 270 valence electrons. The minimum atomic E-state index is -0.757. The summed E-state index contributed by atoms with van der Waals surface area (Å²) in [7, 11) is 0.